The number of hydrogen-bond donors (Lipinski definition) is 1. The molecule has 0 fully saturated rings. The van der Waals surface area contributed by atoms with E-state index in [0.29, 0.717) is 17.4 Å². The van der Waals surface area contributed by atoms with E-state index in [-0.39, 0.29) is 11.4 Å². The number of carbonyl (C=O) groups excluding carboxylic acids is 1. The number of anilines is 1. The van der Waals surface area contributed by atoms with Gasteiger partial charge < -0.3 is 9.88 Å². The van der Waals surface area contributed by atoms with Crippen molar-refractivity contribution < 1.29 is 13.6 Å². The van der Waals surface area contributed by atoms with Gasteiger partial charge in [0, 0.05) is 29.2 Å². The van der Waals surface area contributed by atoms with Crippen LogP contribution in [0.5, 0.6) is 0 Å². The first kappa shape index (κ1) is 18.8. The fourth-order valence-corrected chi connectivity index (χ4v) is 2.95. The molecule has 2 aromatic heterocycles. The number of amides is 1. The minimum absolute atomic E-state index is 0.0416. The SMILES string of the molecule is O=C(Nc1ccc(F)c(F)c1)c1nnn(Cc2ccc(Cl)cc2)c1-n1cccc1. The van der Waals surface area contributed by atoms with Gasteiger partial charge in [0.15, 0.2) is 23.1 Å². The highest BCUT2D eigenvalue weighted by Gasteiger charge is 2.22. The maximum Gasteiger partial charge on any atom is 0.280 e. The van der Waals surface area contributed by atoms with Gasteiger partial charge in [0.05, 0.1) is 6.54 Å². The average Bonchev–Trinajstić information content (AvgIpc) is 3.36. The van der Waals surface area contributed by atoms with Crippen LogP contribution in [0.15, 0.2) is 67.0 Å². The topological polar surface area (TPSA) is 64.7 Å². The van der Waals surface area contributed by atoms with Gasteiger partial charge in [0.2, 0.25) is 0 Å². The summed E-state index contributed by atoms with van der Waals surface area (Å²) in [6.07, 6.45) is 3.51. The van der Waals surface area contributed by atoms with Gasteiger partial charge >= 0.3 is 0 Å². The van der Waals surface area contributed by atoms with Gasteiger partial charge in [-0.25, -0.2) is 13.5 Å². The molecular weight excluding hydrogens is 400 g/mol. The van der Waals surface area contributed by atoms with Crippen molar-refractivity contribution in [3.63, 3.8) is 0 Å². The Morgan fingerprint density at radius 3 is 2.45 bits per heavy atom. The van der Waals surface area contributed by atoms with Crippen molar-refractivity contribution in [2.75, 3.05) is 5.32 Å². The zero-order chi connectivity index (χ0) is 20.4. The second kappa shape index (κ2) is 7.84. The monoisotopic (exact) mass is 413 g/mol. The molecule has 0 radical (unpaired) electrons. The fraction of sp³-hybridized carbons (Fsp3) is 0.0500. The Bertz CT molecular complexity index is 1160. The highest BCUT2D eigenvalue weighted by Crippen LogP contribution is 2.19. The van der Waals surface area contributed by atoms with Crippen LogP contribution in [0.3, 0.4) is 0 Å². The number of aromatic nitrogens is 4. The van der Waals surface area contributed by atoms with Crippen molar-refractivity contribution in [1.82, 2.24) is 19.6 Å². The number of nitrogens with one attached hydrogen (secondary N) is 1. The summed E-state index contributed by atoms with van der Waals surface area (Å²) < 4.78 is 29.8. The predicted octanol–water partition coefficient (Wildman–Crippen LogP) is 4.30. The molecule has 6 nitrogen and oxygen atoms in total. The first-order valence-corrected chi connectivity index (χ1v) is 8.97. The first-order valence-electron chi connectivity index (χ1n) is 8.59. The average molecular weight is 414 g/mol. The maximum atomic E-state index is 13.4. The lowest BCUT2D eigenvalue weighted by Gasteiger charge is -2.10. The largest absolute Gasteiger partial charge is 0.320 e. The highest BCUT2D eigenvalue weighted by atomic mass is 35.5. The molecule has 146 valence electrons. The number of benzene rings is 2. The summed E-state index contributed by atoms with van der Waals surface area (Å²) in [6, 6.07) is 13.9. The van der Waals surface area contributed by atoms with E-state index in [2.05, 4.69) is 15.6 Å². The molecule has 0 unspecified atom stereocenters. The second-order valence-electron chi connectivity index (χ2n) is 6.22. The Kier molecular flexibility index (Phi) is 5.09. The van der Waals surface area contributed by atoms with Crippen molar-refractivity contribution in [1.29, 1.82) is 0 Å². The smallest absolute Gasteiger partial charge is 0.280 e. The van der Waals surface area contributed by atoms with Gasteiger partial charge in [-0.3, -0.25) is 4.79 Å². The van der Waals surface area contributed by atoms with E-state index in [1.807, 2.05) is 12.1 Å². The summed E-state index contributed by atoms with van der Waals surface area (Å²) >= 11 is 5.93. The third-order valence-electron chi connectivity index (χ3n) is 4.20. The Labute approximate surface area is 169 Å². The van der Waals surface area contributed by atoms with Crippen LogP contribution in [0.2, 0.25) is 5.02 Å². The van der Waals surface area contributed by atoms with Gasteiger partial charge in [-0.15, -0.1) is 5.10 Å². The third-order valence-corrected chi connectivity index (χ3v) is 4.45. The summed E-state index contributed by atoms with van der Waals surface area (Å²) in [6.45, 7) is 0.357. The van der Waals surface area contributed by atoms with Crippen LogP contribution in [0.25, 0.3) is 5.82 Å². The van der Waals surface area contributed by atoms with Crippen LogP contribution in [0.4, 0.5) is 14.5 Å². The van der Waals surface area contributed by atoms with Crippen LogP contribution < -0.4 is 5.32 Å². The van der Waals surface area contributed by atoms with Crippen molar-refractivity contribution in [3.8, 4) is 5.82 Å². The lowest BCUT2D eigenvalue weighted by atomic mass is 10.2. The molecule has 0 bridgehead atoms. The predicted molar refractivity (Wildman–Crippen MR) is 104 cm³/mol. The van der Waals surface area contributed by atoms with Gasteiger partial charge in [-0.2, -0.15) is 0 Å². The van der Waals surface area contributed by atoms with Crippen molar-refractivity contribution >= 4 is 23.2 Å². The van der Waals surface area contributed by atoms with Crippen LogP contribution in [-0.2, 0) is 6.54 Å². The van der Waals surface area contributed by atoms with Gasteiger partial charge in [0.1, 0.15) is 0 Å². The minimum Gasteiger partial charge on any atom is -0.320 e. The molecule has 2 aromatic carbocycles. The fourth-order valence-electron chi connectivity index (χ4n) is 2.82. The van der Waals surface area contributed by atoms with E-state index in [9.17, 15) is 13.6 Å². The molecule has 2 heterocycles. The van der Waals surface area contributed by atoms with E-state index in [1.165, 1.54) is 6.07 Å². The second-order valence-corrected chi connectivity index (χ2v) is 6.66. The molecule has 0 atom stereocenters. The first-order chi connectivity index (χ1) is 14.0. The molecule has 0 saturated carbocycles. The van der Waals surface area contributed by atoms with E-state index in [0.717, 1.165) is 17.7 Å². The van der Waals surface area contributed by atoms with Crippen LogP contribution in [0, 0.1) is 11.6 Å². The standard InChI is InChI=1S/C20H14ClF2N5O/c21-14-5-3-13(4-6-14)12-28-20(27-9-1-2-10-27)18(25-26-28)19(29)24-15-7-8-16(22)17(23)11-15/h1-11H,12H2,(H,24,29). The van der Waals surface area contributed by atoms with E-state index >= 15 is 0 Å². The molecule has 4 aromatic rings. The maximum absolute atomic E-state index is 13.4. The number of nitrogens with zero attached hydrogens (tertiary/aromatic N) is 4. The van der Waals surface area contributed by atoms with E-state index < -0.39 is 17.5 Å². The van der Waals surface area contributed by atoms with E-state index in [1.54, 1.807) is 45.9 Å². The molecule has 4 rings (SSSR count). The van der Waals surface area contributed by atoms with Crippen molar-refractivity contribution in [2.24, 2.45) is 0 Å². The third kappa shape index (κ3) is 4.02. The number of hydrogen-bond acceptors (Lipinski definition) is 3. The molecular formula is C20H14ClF2N5O. The van der Waals surface area contributed by atoms with Gasteiger partial charge in [0.25, 0.3) is 5.91 Å². The van der Waals surface area contributed by atoms with Crippen LogP contribution in [-0.4, -0.2) is 25.5 Å². The summed E-state index contributed by atoms with van der Waals surface area (Å²) in [4.78, 5) is 12.8. The Balaban J connectivity index is 1.67. The van der Waals surface area contributed by atoms with Crippen LogP contribution >= 0.6 is 11.6 Å². The van der Waals surface area contributed by atoms with Crippen molar-refractivity contribution in [3.05, 3.63) is 94.9 Å². The lowest BCUT2D eigenvalue weighted by Crippen LogP contribution is -2.17. The molecule has 9 heteroatoms. The molecule has 1 amide bonds. The van der Waals surface area contributed by atoms with E-state index in [4.69, 9.17) is 11.6 Å². The Hall–Kier alpha value is -3.52. The number of halogens is 3. The van der Waals surface area contributed by atoms with Gasteiger partial charge in [-0.1, -0.05) is 28.9 Å². The number of carbonyl (C=O) groups is 1. The zero-order valence-corrected chi connectivity index (χ0v) is 15.6. The Morgan fingerprint density at radius 2 is 1.76 bits per heavy atom. The molecule has 0 spiro atoms. The molecule has 0 aliphatic carbocycles. The molecule has 0 saturated heterocycles. The number of rotatable bonds is 5. The van der Waals surface area contributed by atoms with Crippen molar-refractivity contribution in [2.45, 2.75) is 6.54 Å². The molecule has 29 heavy (non-hydrogen) atoms. The summed E-state index contributed by atoms with van der Waals surface area (Å²) in [5.41, 5.74) is 1.07. The normalized spacial score (nSPS) is 10.9. The summed E-state index contributed by atoms with van der Waals surface area (Å²) in [5, 5.41) is 11.2. The molecule has 0 aliphatic rings. The lowest BCUT2D eigenvalue weighted by molar-refractivity contribution is 0.102. The van der Waals surface area contributed by atoms with Gasteiger partial charge in [-0.05, 0) is 42.0 Å². The highest BCUT2D eigenvalue weighted by molar-refractivity contribution is 6.30. The Morgan fingerprint density at radius 1 is 1.03 bits per heavy atom. The molecule has 1 N–H and O–H groups in total. The quantitative estimate of drug-likeness (QED) is 0.530. The summed E-state index contributed by atoms with van der Waals surface area (Å²) in [7, 11) is 0. The van der Waals surface area contributed by atoms with Crippen LogP contribution in [0.1, 0.15) is 16.1 Å². The molecule has 0 aliphatic heterocycles. The zero-order valence-electron chi connectivity index (χ0n) is 14.9. The summed E-state index contributed by atoms with van der Waals surface area (Å²) in [5.74, 6) is -2.21. The minimum atomic E-state index is -1.06.